The first-order valence-corrected chi connectivity index (χ1v) is 4.55. The highest BCUT2D eigenvalue weighted by Gasteiger charge is 2.19. The van der Waals surface area contributed by atoms with Gasteiger partial charge in [-0.3, -0.25) is 0 Å². The van der Waals surface area contributed by atoms with Crippen LogP contribution in [0.25, 0.3) is 0 Å². The summed E-state index contributed by atoms with van der Waals surface area (Å²) in [6.45, 7) is 5.20. The van der Waals surface area contributed by atoms with Crippen LogP contribution < -0.4 is 0 Å². The normalized spacial score (nSPS) is 23.1. The van der Waals surface area contributed by atoms with Crippen LogP contribution in [-0.4, -0.2) is 39.9 Å². The molecule has 1 aliphatic rings. The van der Waals surface area contributed by atoms with Crippen LogP contribution >= 0.6 is 0 Å². The zero-order chi connectivity index (χ0) is 10.5. The van der Waals surface area contributed by atoms with E-state index in [2.05, 4.69) is 0 Å². The molecule has 4 heteroatoms. The number of ether oxygens (including phenoxy) is 1. The fourth-order valence-corrected chi connectivity index (χ4v) is 0.983. The van der Waals surface area contributed by atoms with Crippen LogP contribution in [0.1, 0.15) is 41.0 Å². The maximum absolute atomic E-state index is 8.93. The van der Waals surface area contributed by atoms with E-state index in [0.717, 1.165) is 19.4 Å². The molecule has 88 valence electrons. The van der Waals surface area contributed by atoms with E-state index in [1.165, 1.54) is 13.8 Å². The van der Waals surface area contributed by atoms with E-state index in [-0.39, 0.29) is 19.6 Å². The molecule has 0 amide bonds. The summed E-state index contributed by atoms with van der Waals surface area (Å²) in [4.78, 5) is 0. The van der Waals surface area contributed by atoms with E-state index >= 15 is 0 Å². The largest absolute Gasteiger partial charge is 0.391 e. The van der Waals surface area contributed by atoms with E-state index in [0.29, 0.717) is 0 Å². The lowest BCUT2D eigenvalue weighted by Gasteiger charge is -2.10. The minimum absolute atomic E-state index is 0. The summed E-state index contributed by atoms with van der Waals surface area (Å²) in [6, 6.07) is 0. The van der Waals surface area contributed by atoms with Crippen molar-refractivity contribution in [1.82, 2.24) is 0 Å². The second-order valence-corrected chi connectivity index (χ2v) is 3.79. The fraction of sp³-hybridized carbons (Fsp3) is 1.00. The highest BCUT2D eigenvalue weighted by atomic mass is 16.5. The number of hydrogen-bond donors (Lipinski definition) is 3. The molecule has 0 aromatic heterocycles. The molecule has 0 aromatic carbocycles. The van der Waals surface area contributed by atoms with Crippen molar-refractivity contribution in [3.8, 4) is 0 Å². The van der Waals surface area contributed by atoms with Crippen LogP contribution in [0.15, 0.2) is 0 Å². The monoisotopic (exact) mass is 208 g/mol. The SMILES string of the molecule is C.CC(C)(O)O.CC(O)C1CCCO1. The summed E-state index contributed by atoms with van der Waals surface area (Å²) >= 11 is 0. The lowest BCUT2D eigenvalue weighted by Crippen LogP contribution is -2.20. The van der Waals surface area contributed by atoms with Gasteiger partial charge in [0.05, 0.1) is 12.2 Å². The van der Waals surface area contributed by atoms with Crippen molar-refractivity contribution < 1.29 is 20.1 Å². The Kier molecular flexibility index (Phi) is 8.34. The molecule has 4 nitrogen and oxygen atoms in total. The van der Waals surface area contributed by atoms with Crippen molar-refractivity contribution in [1.29, 1.82) is 0 Å². The van der Waals surface area contributed by atoms with Gasteiger partial charge in [-0.15, -0.1) is 0 Å². The average Bonchev–Trinajstić information content (AvgIpc) is 2.31. The Labute approximate surface area is 86.5 Å². The molecule has 14 heavy (non-hydrogen) atoms. The van der Waals surface area contributed by atoms with E-state index in [1.807, 2.05) is 0 Å². The highest BCUT2D eigenvalue weighted by Crippen LogP contribution is 2.14. The molecular formula is C10H24O4. The smallest absolute Gasteiger partial charge is 0.156 e. The Bertz CT molecular complexity index is 117. The standard InChI is InChI=1S/C6H12O2.C3H8O2.CH4/c1-5(7)6-3-2-4-8-6;1-3(2,4)5;/h5-7H,2-4H2,1H3;4-5H,1-2H3;1H4. The molecule has 1 saturated heterocycles. The molecular weight excluding hydrogens is 184 g/mol. The molecule has 2 unspecified atom stereocenters. The summed E-state index contributed by atoms with van der Waals surface area (Å²) in [7, 11) is 0. The van der Waals surface area contributed by atoms with Gasteiger partial charge in [0, 0.05) is 6.61 Å². The Morgan fingerprint density at radius 2 is 1.79 bits per heavy atom. The Morgan fingerprint density at radius 1 is 1.36 bits per heavy atom. The van der Waals surface area contributed by atoms with E-state index in [4.69, 9.17) is 20.1 Å². The molecule has 1 aliphatic heterocycles. The molecule has 0 aliphatic carbocycles. The third-order valence-electron chi connectivity index (χ3n) is 1.50. The Morgan fingerprint density at radius 3 is 1.93 bits per heavy atom. The quantitative estimate of drug-likeness (QED) is 0.560. The van der Waals surface area contributed by atoms with Crippen molar-refractivity contribution in [3.63, 3.8) is 0 Å². The van der Waals surface area contributed by atoms with Gasteiger partial charge in [0.15, 0.2) is 5.79 Å². The number of rotatable bonds is 1. The minimum atomic E-state index is -1.50. The second kappa shape index (κ2) is 7.17. The van der Waals surface area contributed by atoms with Crippen LogP contribution in [0.3, 0.4) is 0 Å². The minimum Gasteiger partial charge on any atom is -0.391 e. The van der Waals surface area contributed by atoms with Gasteiger partial charge in [-0.05, 0) is 33.6 Å². The summed E-state index contributed by atoms with van der Waals surface area (Å²) in [5.41, 5.74) is 0. The maximum Gasteiger partial charge on any atom is 0.156 e. The van der Waals surface area contributed by atoms with Crippen molar-refractivity contribution in [2.75, 3.05) is 6.61 Å². The van der Waals surface area contributed by atoms with Gasteiger partial charge in [-0.2, -0.15) is 0 Å². The molecule has 0 bridgehead atoms. The molecule has 0 radical (unpaired) electrons. The van der Waals surface area contributed by atoms with Gasteiger partial charge >= 0.3 is 0 Å². The first-order chi connectivity index (χ1) is 5.80. The topological polar surface area (TPSA) is 69.9 Å². The van der Waals surface area contributed by atoms with Crippen LogP contribution in [0, 0.1) is 0 Å². The molecule has 3 N–H and O–H groups in total. The van der Waals surface area contributed by atoms with Gasteiger partial charge in [-0.1, -0.05) is 7.43 Å². The Hall–Kier alpha value is -0.160. The zero-order valence-electron chi connectivity index (χ0n) is 8.53. The van der Waals surface area contributed by atoms with Crippen LogP contribution in [-0.2, 0) is 4.74 Å². The van der Waals surface area contributed by atoms with Gasteiger partial charge in [-0.25, -0.2) is 0 Å². The zero-order valence-corrected chi connectivity index (χ0v) is 8.53. The summed E-state index contributed by atoms with van der Waals surface area (Å²) in [6.07, 6.45) is 1.97. The summed E-state index contributed by atoms with van der Waals surface area (Å²) in [5.74, 6) is -1.50. The summed E-state index contributed by atoms with van der Waals surface area (Å²) in [5, 5.41) is 25.1. The lowest BCUT2D eigenvalue weighted by molar-refractivity contribution is -0.127. The maximum atomic E-state index is 8.93. The predicted molar refractivity (Wildman–Crippen MR) is 55.9 cm³/mol. The van der Waals surface area contributed by atoms with E-state index in [1.54, 1.807) is 6.92 Å². The first kappa shape index (κ1) is 16.3. The van der Waals surface area contributed by atoms with E-state index < -0.39 is 5.79 Å². The van der Waals surface area contributed by atoms with Crippen molar-refractivity contribution in [2.45, 2.75) is 59.0 Å². The van der Waals surface area contributed by atoms with Crippen LogP contribution in [0.2, 0.25) is 0 Å². The van der Waals surface area contributed by atoms with E-state index in [9.17, 15) is 0 Å². The first-order valence-electron chi connectivity index (χ1n) is 4.55. The summed E-state index contributed by atoms with van der Waals surface area (Å²) < 4.78 is 5.16. The van der Waals surface area contributed by atoms with Crippen LogP contribution in [0.5, 0.6) is 0 Å². The number of aliphatic hydroxyl groups is 3. The molecule has 1 fully saturated rings. The van der Waals surface area contributed by atoms with Gasteiger partial charge in [0.1, 0.15) is 0 Å². The van der Waals surface area contributed by atoms with Gasteiger partial charge in [0.2, 0.25) is 0 Å². The molecule has 2 atom stereocenters. The third kappa shape index (κ3) is 11.8. The predicted octanol–water partition coefficient (Wildman–Crippen LogP) is 0.889. The molecule has 1 rings (SSSR count). The second-order valence-electron chi connectivity index (χ2n) is 3.79. The molecule has 0 spiro atoms. The number of hydrogen-bond acceptors (Lipinski definition) is 4. The van der Waals surface area contributed by atoms with Crippen molar-refractivity contribution >= 4 is 0 Å². The van der Waals surface area contributed by atoms with Crippen molar-refractivity contribution in [3.05, 3.63) is 0 Å². The lowest BCUT2D eigenvalue weighted by atomic mass is 10.2. The van der Waals surface area contributed by atoms with Gasteiger partial charge in [0.25, 0.3) is 0 Å². The molecule has 0 saturated carbocycles. The van der Waals surface area contributed by atoms with Gasteiger partial charge < -0.3 is 20.1 Å². The average molecular weight is 208 g/mol. The molecule has 0 aromatic rings. The Balaban J connectivity index is 0. The van der Waals surface area contributed by atoms with Crippen LogP contribution in [0.4, 0.5) is 0 Å². The highest BCUT2D eigenvalue weighted by molar-refractivity contribution is 4.68. The van der Waals surface area contributed by atoms with Crippen molar-refractivity contribution in [2.24, 2.45) is 0 Å². The molecule has 1 heterocycles. The third-order valence-corrected chi connectivity index (χ3v) is 1.50. The number of aliphatic hydroxyl groups excluding tert-OH is 1. The fourth-order valence-electron chi connectivity index (χ4n) is 0.983.